The second-order valence-electron chi connectivity index (χ2n) is 6.65. The second-order valence-corrected chi connectivity index (χ2v) is 8.91. The minimum Gasteiger partial charge on any atom is -0.492 e. The van der Waals surface area contributed by atoms with Gasteiger partial charge in [0.2, 0.25) is 0 Å². The number of ether oxygens (including phenoxy) is 1. The van der Waals surface area contributed by atoms with Gasteiger partial charge in [-0.25, -0.2) is 8.42 Å². The molecule has 1 aromatic rings. The smallest absolute Gasteiger partial charge is 0.191 e. The third kappa shape index (κ3) is 12.1. The maximum absolute atomic E-state index is 11.3. The first kappa shape index (κ1) is 25.9. The highest BCUT2D eigenvalue weighted by Crippen LogP contribution is 2.17. The molecule has 0 heterocycles. The molecule has 27 heavy (non-hydrogen) atoms. The highest BCUT2D eigenvalue weighted by atomic mass is 127. The van der Waals surface area contributed by atoms with Crippen molar-refractivity contribution in [3.63, 3.8) is 0 Å². The maximum atomic E-state index is 11.3. The van der Waals surface area contributed by atoms with Gasteiger partial charge in [-0.1, -0.05) is 18.2 Å². The largest absolute Gasteiger partial charge is 0.492 e. The van der Waals surface area contributed by atoms with Crippen LogP contribution in [0.25, 0.3) is 0 Å². The van der Waals surface area contributed by atoms with Crippen molar-refractivity contribution in [2.45, 2.75) is 25.9 Å². The lowest BCUT2D eigenvalue weighted by molar-refractivity contribution is 0.259. The number of nitrogens with one attached hydrogen (secondary N) is 2. The number of benzene rings is 1. The molecule has 0 amide bonds. The number of sulfone groups is 1. The summed E-state index contributed by atoms with van der Waals surface area (Å²) in [6.07, 6.45) is 1.78. The van der Waals surface area contributed by atoms with Gasteiger partial charge in [-0.05, 0) is 33.5 Å². The Bertz CT molecular complexity index is 681. The number of para-hydroxylation sites is 1. The third-order valence-electron chi connectivity index (χ3n) is 3.74. The monoisotopic (exact) mass is 512 g/mol. The van der Waals surface area contributed by atoms with E-state index in [0.717, 1.165) is 17.9 Å². The highest BCUT2D eigenvalue weighted by Gasteiger charge is 2.10. The molecular weight excluding hydrogens is 479 g/mol. The van der Waals surface area contributed by atoms with E-state index in [2.05, 4.69) is 20.5 Å². The number of aliphatic imine (C=N–C) groups is 1. The number of hydrogen-bond acceptors (Lipinski definition) is 5. The number of nitrogens with zero attached hydrogens (tertiary/aromatic N) is 2. The summed E-state index contributed by atoms with van der Waals surface area (Å²) in [4.78, 5) is 6.27. The van der Waals surface area contributed by atoms with Gasteiger partial charge in [0.05, 0.1) is 5.75 Å². The summed E-state index contributed by atoms with van der Waals surface area (Å²) in [7, 11) is 2.76. The minimum atomic E-state index is -2.96. The zero-order chi connectivity index (χ0) is 19.6. The van der Waals surface area contributed by atoms with Gasteiger partial charge in [-0.15, -0.1) is 24.0 Å². The molecule has 0 aliphatic rings. The first-order valence-corrected chi connectivity index (χ1v) is 10.8. The Morgan fingerprint density at radius 2 is 1.96 bits per heavy atom. The van der Waals surface area contributed by atoms with Crippen molar-refractivity contribution in [1.82, 2.24) is 15.5 Å². The van der Waals surface area contributed by atoms with Crippen molar-refractivity contribution >= 4 is 39.8 Å². The molecule has 156 valence electrons. The fourth-order valence-electron chi connectivity index (χ4n) is 2.20. The lowest BCUT2D eigenvalue weighted by Crippen LogP contribution is -2.42. The Balaban J connectivity index is 0.00000676. The first-order valence-electron chi connectivity index (χ1n) is 8.71. The summed E-state index contributed by atoms with van der Waals surface area (Å²) < 4.78 is 28.4. The van der Waals surface area contributed by atoms with E-state index in [0.29, 0.717) is 25.5 Å². The van der Waals surface area contributed by atoms with Gasteiger partial charge in [0.25, 0.3) is 0 Å². The van der Waals surface area contributed by atoms with Crippen molar-refractivity contribution in [3.8, 4) is 5.75 Å². The molecule has 0 spiro atoms. The predicted molar refractivity (Wildman–Crippen MR) is 123 cm³/mol. The Morgan fingerprint density at radius 1 is 1.30 bits per heavy atom. The lowest BCUT2D eigenvalue weighted by Gasteiger charge is -2.19. The van der Waals surface area contributed by atoms with E-state index in [9.17, 15) is 8.42 Å². The Morgan fingerprint density at radius 3 is 2.56 bits per heavy atom. The van der Waals surface area contributed by atoms with Crippen LogP contribution in [0.5, 0.6) is 5.75 Å². The van der Waals surface area contributed by atoms with Crippen LogP contribution in [0.3, 0.4) is 0 Å². The van der Waals surface area contributed by atoms with Gasteiger partial charge < -0.3 is 20.3 Å². The Kier molecular flexibility index (Phi) is 12.6. The standard InChI is InChI=1S/C18H32N4O3S.HI/c1-15(10-13-26(5,23)24)21-18(19-2)20-14-16-8-6-7-9-17(16)25-12-11-22(3)4;/h6-9,15H,10-14H2,1-5H3,(H2,19,20,21);1H. The molecular formula is C18H33IN4O3S. The molecule has 2 N–H and O–H groups in total. The van der Waals surface area contributed by atoms with Gasteiger partial charge in [-0.3, -0.25) is 4.99 Å². The van der Waals surface area contributed by atoms with Crippen LogP contribution < -0.4 is 15.4 Å². The normalized spacial score (nSPS) is 13.0. The zero-order valence-corrected chi connectivity index (χ0v) is 20.0. The SMILES string of the molecule is CN=C(NCc1ccccc1OCCN(C)C)NC(C)CCS(C)(=O)=O.I. The number of likely N-dealkylation sites (N-methyl/N-ethyl adjacent to an activating group) is 1. The molecule has 0 aliphatic heterocycles. The first-order chi connectivity index (χ1) is 12.2. The summed E-state index contributed by atoms with van der Waals surface area (Å²) in [5.74, 6) is 1.64. The van der Waals surface area contributed by atoms with E-state index < -0.39 is 9.84 Å². The van der Waals surface area contributed by atoms with E-state index in [1.165, 1.54) is 6.26 Å². The molecule has 0 bridgehead atoms. The van der Waals surface area contributed by atoms with Crippen LogP contribution in [0.1, 0.15) is 18.9 Å². The quantitative estimate of drug-likeness (QED) is 0.283. The molecule has 7 nitrogen and oxygen atoms in total. The molecule has 1 atom stereocenters. The van der Waals surface area contributed by atoms with E-state index in [-0.39, 0.29) is 35.8 Å². The van der Waals surface area contributed by atoms with Gasteiger partial charge in [-0.2, -0.15) is 0 Å². The molecule has 9 heteroatoms. The molecule has 0 fully saturated rings. The van der Waals surface area contributed by atoms with Crippen LogP contribution in [0.4, 0.5) is 0 Å². The van der Waals surface area contributed by atoms with Crippen LogP contribution >= 0.6 is 24.0 Å². The average Bonchev–Trinajstić information content (AvgIpc) is 2.57. The summed E-state index contributed by atoms with van der Waals surface area (Å²) in [5, 5.41) is 6.47. The number of rotatable bonds is 10. The molecule has 1 unspecified atom stereocenters. The fraction of sp³-hybridized carbons (Fsp3) is 0.611. The minimum absolute atomic E-state index is 0. The van der Waals surface area contributed by atoms with Crippen LogP contribution in [0.15, 0.2) is 29.3 Å². The van der Waals surface area contributed by atoms with Crippen molar-refractivity contribution in [2.24, 2.45) is 4.99 Å². The Hall–Kier alpha value is -1.07. The van der Waals surface area contributed by atoms with Crippen LogP contribution in [-0.4, -0.2) is 71.6 Å². The molecule has 0 aromatic heterocycles. The molecule has 0 radical (unpaired) electrons. The number of halogens is 1. The molecule has 1 aromatic carbocycles. The van der Waals surface area contributed by atoms with Gasteiger partial charge in [0, 0.05) is 38.0 Å². The van der Waals surface area contributed by atoms with E-state index in [4.69, 9.17) is 4.74 Å². The van der Waals surface area contributed by atoms with Crippen molar-refractivity contribution in [3.05, 3.63) is 29.8 Å². The third-order valence-corrected chi connectivity index (χ3v) is 4.72. The molecule has 1 rings (SSSR count). The van der Waals surface area contributed by atoms with Crippen LogP contribution in [-0.2, 0) is 16.4 Å². The molecule has 0 aliphatic carbocycles. The predicted octanol–water partition coefficient (Wildman–Crippen LogP) is 1.73. The topological polar surface area (TPSA) is 83.0 Å². The van der Waals surface area contributed by atoms with Crippen molar-refractivity contribution in [2.75, 3.05) is 46.3 Å². The number of hydrogen-bond donors (Lipinski definition) is 2. The summed E-state index contributed by atoms with van der Waals surface area (Å²) in [6.45, 7) is 3.98. The van der Waals surface area contributed by atoms with Crippen LogP contribution in [0.2, 0.25) is 0 Å². The summed E-state index contributed by atoms with van der Waals surface area (Å²) >= 11 is 0. The number of guanidine groups is 1. The average molecular weight is 512 g/mol. The van der Waals surface area contributed by atoms with Gasteiger partial charge in [0.15, 0.2) is 5.96 Å². The molecule has 0 saturated heterocycles. The fourth-order valence-corrected chi connectivity index (χ4v) is 2.98. The van der Waals surface area contributed by atoms with Gasteiger partial charge >= 0.3 is 0 Å². The second kappa shape index (κ2) is 13.2. The van der Waals surface area contributed by atoms with E-state index in [1.54, 1.807) is 7.05 Å². The zero-order valence-electron chi connectivity index (χ0n) is 16.9. The summed E-state index contributed by atoms with van der Waals surface area (Å²) in [6, 6.07) is 7.90. The van der Waals surface area contributed by atoms with Gasteiger partial charge in [0.1, 0.15) is 22.2 Å². The van der Waals surface area contributed by atoms with Crippen molar-refractivity contribution < 1.29 is 13.2 Å². The highest BCUT2D eigenvalue weighted by molar-refractivity contribution is 14.0. The molecule has 0 saturated carbocycles. The summed E-state index contributed by atoms with van der Waals surface area (Å²) in [5.41, 5.74) is 1.04. The van der Waals surface area contributed by atoms with E-state index >= 15 is 0 Å². The van der Waals surface area contributed by atoms with Crippen LogP contribution in [0, 0.1) is 0 Å². The maximum Gasteiger partial charge on any atom is 0.191 e. The Labute approximate surface area is 180 Å². The lowest BCUT2D eigenvalue weighted by atomic mass is 10.2. The van der Waals surface area contributed by atoms with E-state index in [1.807, 2.05) is 45.3 Å². The van der Waals surface area contributed by atoms with Crippen molar-refractivity contribution in [1.29, 1.82) is 0 Å².